The van der Waals surface area contributed by atoms with Crippen LogP contribution in [0.4, 0.5) is 9.59 Å². The summed E-state index contributed by atoms with van der Waals surface area (Å²) in [5.41, 5.74) is 0. The van der Waals surface area contributed by atoms with E-state index in [1.54, 1.807) is 0 Å². The van der Waals surface area contributed by atoms with Crippen LogP contribution in [0.2, 0.25) is 0 Å². The van der Waals surface area contributed by atoms with Crippen LogP contribution in [0.1, 0.15) is 0 Å². The summed E-state index contributed by atoms with van der Waals surface area (Å²) >= 11 is 0. The maximum Gasteiger partial charge on any atom is 0.331 e. The Morgan fingerprint density at radius 2 is 2.00 bits per heavy atom. The van der Waals surface area contributed by atoms with Crippen molar-refractivity contribution in [2.45, 2.75) is 6.35 Å². The van der Waals surface area contributed by atoms with Crippen LogP contribution in [0, 0.1) is 0 Å². The fraction of sp³-hybridized carbons (Fsp3) is 0.600. The minimum Gasteiger partial charge on any atom is -0.356 e. The number of rotatable bonds is 0. The topological polar surface area (TPSA) is 72.9 Å². The van der Waals surface area contributed by atoms with Gasteiger partial charge in [0.05, 0.1) is 0 Å². The van der Waals surface area contributed by atoms with Gasteiger partial charge in [0, 0.05) is 14.1 Å². The van der Waals surface area contributed by atoms with Gasteiger partial charge in [-0.2, -0.15) is 0 Å². The standard InChI is InChI=1S/C5H9N3O3/c1-7-3(9)6-4(10)8(2)5(7)11/h3,9H,1-2H3,(H,6,10). The van der Waals surface area contributed by atoms with Crippen molar-refractivity contribution in [3.8, 4) is 0 Å². The second-order valence-electron chi connectivity index (χ2n) is 2.28. The summed E-state index contributed by atoms with van der Waals surface area (Å²) in [6, 6.07) is -1.12. The Morgan fingerprint density at radius 1 is 1.45 bits per heavy atom. The van der Waals surface area contributed by atoms with Crippen molar-refractivity contribution < 1.29 is 14.7 Å². The van der Waals surface area contributed by atoms with E-state index in [1.165, 1.54) is 14.1 Å². The number of hydrogen-bond acceptors (Lipinski definition) is 3. The molecule has 0 bridgehead atoms. The predicted octanol–water partition coefficient (Wildman–Crippen LogP) is -1.03. The molecule has 0 aromatic carbocycles. The average molecular weight is 159 g/mol. The van der Waals surface area contributed by atoms with Crippen molar-refractivity contribution in [2.24, 2.45) is 0 Å². The van der Waals surface area contributed by atoms with Gasteiger partial charge in [0.2, 0.25) is 6.35 Å². The van der Waals surface area contributed by atoms with Crippen LogP contribution in [0.15, 0.2) is 0 Å². The van der Waals surface area contributed by atoms with E-state index < -0.39 is 18.4 Å². The van der Waals surface area contributed by atoms with E-state index in [0.717, 1.165) is 9.80 Å². The number of aliphatic hydroxyl groups is 1. The molecule has 11 heavy (non-hydrogen) atoms. The van der Waals surface area contributed by atoms with Crippen molar-refractivity contribution in [3.63, 3.8) is 0 Å². The number of carbonyl (C=O) groups is 2. The Labute approximate surface area is 63.4 Å². The fourth-order valence-corrected chi connectivity index (χ4v) is 0.732. The molecule has 2 N–H and O–H groups in total. The predicted molar refractivity (Wildman–Crippen MR) is 35.5 cm³/mol. The molecular weight excluding hydrogens is 150 g/mol. The van der Waals surface area contributed by atoms with E-state index in [9.17, 15) is 9.59 Å². The van der Waals surface area contributed by atoms with Gasteiger partial charge in [0.1, 0.15) is 0 Å². The zero-order valence-corrected chi connectivity index (χ0v) is 6.24. The maximum absolute atomic E-state index is 11.0. The number of carbonyl (C=O) groups excluding carboxylic acids is 2. The number of hydrogen-bond donors (Lipinski definition) is 2. The van der Waals surface area contributed by atoms with Crippen molar-refractivity contribution in [2.75, 3.05) is 14.1 Å². The van der Waals surface area contributed by atoms with Gasteiger partial charge < -0.3 is 5.11 Å². The monoisotopic (exact) mass is 159 g/mol. The molecule has 1 aliphatic rings. The molecule has 1 aliphatic heterocycles. The van der Waals surface area contributed by atoms with Crippen LogP contribution in [-0.4, -0.2) is 47.4 Å². The van der Waals surface area contributed by atoms with Crippen molar-refractivity contribution in [1.29, 1.82) is 0 Å². The van der Waals surface area contributed by atoms with Crippen LogP contribution in [0.25, 0.3) is 0 Å². The third-order valence-corrected chi connectivity index (χ3v) is 1.51. The number of nitrogens with one attached hydrogen (secondary N) is 1. The van der Waals surface area contributed by atoms with Crippen molar-refractivity contribution >= 4 is 12.1 Å². The van der Waals surface area contributed by atoms with Crippen LogP contribution in [0.5, 0.6) is 0 Å². The largest absolute Gasteiger partial charge is 0.356 e. The minimum atomic E-state index is -1.22. The first kappa shape index (κ1) is 7.80. The fourth-order valence-electron chi connectivity index (χ4n) is 0.732. The third kappa shape index (κ3) is 1.12. The lowest BCUT2D eigenvalue weighted by atomic mass is 10.5. The molecule has 1 fully saturated rings. The van der Waals surface area contributed by atoms with Gasteiger partial charge >= 0.3 is 12.1 Å². The molecule has 1 saturated heterocycles. The zero-order valence-electron chi connectivity index (χ0n) is 6.24. The molecule has 0 spiro atoms. The Kier molecular flexibility index (Phi) is 1.69. The second-order valence-corrected chi connectivity index (χ2v) is 2.28. The number of aliphatic hydroxyl groups excluding tert-OH is 1. The Balaban J connectivity index is 2.79. The summed E-state index contributed by atoms with van der Waals surface area (Å²) in [4.78, 5) is 23.6. The quantitative estimate of drug-likeness (QED) is 0.474. The first-order valence-corrected chi connectivity index (χ1v) is 3.03. The molecule has 0 aromatic rings. The maximum atomic E-state index is 11.0. The number of imide groups is 1. The smallest absolute Gasteiger partial charge is 0.331 e. The normalized spacial score (nSPS) is 25.5. The molecule has 0 aromatic heterocycles. The number of amides is 4. The molecule has 1 unspecified atom stereocenters. The van der Waals surface area contributed by atoms with E-state index >= 15 is 0 Å². The molecule has 4 amide bonds. The summed E-state index contributed by atoms with van der Waals surface area (Å²) in [7, 11) is 2.73. The lowest BCUT2D eigenvalue weighted by molar-refractivity contribution is 0.00298. The van der Waals surface area contributed by atoms with Gasteiger partial charge in [0.25, 0.3) is 0 Å². The first-order chi connectivity index (χ1) is 5.04. The first-order valence-electron chi connectivity index (χ1n) is 3.03. The highest BCUT2D eigenvalue weighted by molar-refractivity contribution is 5.95. The van der Waals surface area contributed by atoms with Crippen molar-refractivity contribution in [1.82, 2.24) is 15.1 Å². The van der Waals surface area contributed by atoms with Crippen molar-refractivity contribution in [3.05, 3.63) is 0 Å². The Morgan fingerprint density at radius 3 is 2.55 bits per heavy atom. The Hall–Kier alpha value is -1.30. The highest BCUT2D eigenvalue weighted by Crippen LogP contribution is 2.03. The van der Waals surface area contributed by atoms with Crippen LogP contribution in [-0.2, 0) is 0 Å². The lowest BCUT2D eigenvalue weighted by Crippen LogP contribution is -2.62. The molecule has 62 valence electrons. The molecule has 0 radical (unpaired) electrons. The summed E-state index contributed by atoms with van der Waals surface area (Å²) in [6.45, 7) is 0. The Bertz CT molecular complexity index is 205. The number of nitrogens with zero attached hydrogens (tertiary/aromatic N) is 2. The van der Waals surface area contributed by atoms with Gasteiger partial charge in [-0.05, 0) is 0 Å². The van der Waals surface area contributed by atoms with E-state index in [-0.39, 0.29) is 0 Å². The van der Waals surface area contributed by atoms with Gasteiger partial charge in [-0.15, -0.1) is 0 Å². The van der Waals surface area contributed by atoms with Crippen LogP contribution in [0.3, 0.4) is 0 Å². The second kappa shape index (κ2) is 2.39. The molecule has 0 saturated carbocycles. The highest BCUT2D eigenvalue weighted by Gasteiger charge is 2.31. The minimum absolute atomic E-state index is 0.527. The molecule has 1 heterocycles. The molecular formula is C5H9N3O3. The third-order valence-electron chi connectivity index (χ3n) is 1.51. The van der Waals surface area contributed by atoms with Gasteiger partial charge in [-0.25, -0.2) is 14.5 Å². The van der Waals surface area contributed by atoms with Crippen LogP contribution >= 0.6 is 0 Å². The van der Waals surface area contributed by atoms with Gasteiger partial charge in [-0.3, -0.25) is 10.2 Å². The van der Waals surface area contributed by atoms with E-state index in [4.69, 9.17) is 5.11 Å². The van der Waals surface area contributed by atoms with Gasteiger partial charge in [-0.1, -0.05) is 0 Å². The molecule has 1 atom stereocenters. The molecule has 6 nitrogen and oxygen atoms in total. The summed E-state index contributed by atoms with van der Waals surface area (Å²) in [6.07, 6.45) is -1.22. The molecule has 1 rings (SSSR count). The van der Waals surface area contributed by atoms with Crippen LogP contribution < -0.4 is 5.32 Å². The summed E-state index contributed by atoms with van der Waals surface area (Å²) in [5, 5.41) is 11.1. The molecule has 6 heteroatoms. The SMILES string of the molecule is CN1C(=O)NC(O)N(C)C1=O. The van der Waals surface area contributed by atoms with Gasteiger partial charge in [0.15, 0.2) is 0 Å². The van der Waals surface area contributed by atoms with E-state index in [2.05, 4.69) is 5.32 Å². The summed E-state index contributed by atoms with van der Waals surface area (Å²) in [5.74, 6) is 0. The van der Waals surface area contributed by atoms with E-state index in [1.807, 2.05) is 0 Å². The number of urea groups is 2. The highest BCUT2D eigenvalue weighted by atomic mass is 16.3. The average Bonchev–Trinajstić information content (AvgIpc) is 1.97. The summed E-state index contributed by atoms with van der Waals surface area (Å²) < 4.78 is 0. The zero-order chi connectivity index (χ0) is 8.59. The lowest BCUT2D eigenvalue weighted by Gasteiger charge is -2.33. The molecule has 0 aliphatic carbocycles. The van der Waals surface area contributed by atoms with E-state index in [0.29, 0.717) is 0 Å².